The van der Waals surface area contributed by atoms with Crippen LogP contribution in [0, 0.1) is 27.2 Å². The number of fused-ring (bicyclic) bond motifs is 14. The highest BCUT2D eigenvalue weighted by molar-refractivity contribution is 5.40. The first kappa shape index (κ1) is 39.3. The SMILES string of the molecule is CC[N+]1(Cc2ccccc2[N+](=O)[O-])CCCCCn2c(C)cc(=O)n(c2=O)CCCCC[N+](CC)(Cc2ccccc2[N+](=O)[O-])Cc2ccc(cc2)C1. The van der Waals surface area contributed by atoms with Gasteiger partial charge >= 0.3 is 5.69 Å². The predicted octanol–water partition coefficient (Wildman–Crippen LogP) is 7.26. The lowest BCUT2D eigenvalue weighted by atomic mass is 10.0. The van der Waals surface area contributed by atoms with Crippen molar-refractivity contribution in [1.82, 2.24) is 9.13 Å². The number of hydrogen-bond acceptors (Lipinski definition) is 6. The van der Waals surface area contributed by atoms with E-state index in [-0.39, 0.29) is 32.5 Å². The van der Waals surface area contributed by atoms with Crippen molar-refractivity contribution in [3.8, 4) is 0 Å². The number of benzene rings is 3. The number of nitrogens with zero attached hydrogens (tertiary/aromatic N) is 6. The average molecular weight is 727 g/mol. The lowest BCUT2D eigenvalue weighted by Gasteiger charge is -2.39. The molecule has 2 atom stereocenters. The number of aryl methyl sites for hydroxylation is 1. The van der Waals surface area contributed by atoms with Crippen molar-refractivity contribution in [3.05, 3.63) is 148 Å². The fourth-order valence-electron chi connectivity index (χ4n) is 8.08. The fourth-order valence-corrected chi connectivity index (χ4v) is 8.08. The lowest BCUT2D eigenvalue weighted by molar-refractivity contribution is -0.952. The highest BCUT2D eigenvalue weighted by Crippen LogP contribution is 2.29. The summed E-state index contributed by atoms with van der Waals surface area (Å²) in [6.07, 6.45) is 4.85. The first-order valence-electron chi connectivity index (χ1n) is 19.0. The van der Waals surface area contributed by atoms with Gasteiger partial charge in [0, 0.05) is 48.1 Å². The van der Waals surface area contributed by atoms with Gasteiger partial charge in [-0.05, 0) is 71.4 Å². The smallest absolute Gasteiger partial charge is 0.316 e. The summed E-state index contributed by atoms with van der Waals surface area (Å²) in [6.45, 7) is 12.5. The van der Waals surface area contributed by atoms with E-state index in [1.165, 1.54) is 4.57 Å². The molecule has 0 spiro atoms. The molecule has 0 N–H and O–H groups in total. The Kier molecular flexibility index (Phi) is 13.1. The molecule has 0 fully saturated rings. The zero-order chi connectivity index (χ0) is 38.0. The van der Waals surface area contributed by atoms with Gasteiger partial charge < -0.3 is 8.97 Å². The van der Waals surface area contributed by atoms with Crippen LogP contribution in [-0.4, -0.2) is 54.1 Å². The van der Waals surface area contributed by atoms with Gasteiger partial charge in [-0.15, -0.1) is 0 Å². The third kappa shape index (κ3) is 9.74. The van der Waals surface area contributed by atoms with E-state index in [4.69, 9.17) is 0 Å². The molecular weight excluding hydrogens is 672 g/mol. The third-order valence-corrected chi connectivity index (χ3v) is 11.3. The van der Waals surface area contributed by atoms with E-state index in [1.807, 2.05) is 31.2 Å². The van der Waals surface area contributed by atoms with E-state index in [9.17, 15) is 29.8 Å². The van der Waals surface area contributed by atoms with Gasteiger partial charge in [0.25, 0.3) is 16.9 Å². The Balaban J connectivity index is 1.52. The number of nitro groups is 2. The lowest BCUT2D eigenvalue weighted by Crippen LogP contribution is -2.47. The summed E-state index contributed by atoms with van der Waals surface area (Å²) in [6, 6.07) is 24.2. The van der Waals surface area contributed by atoms with Crippen molar-refractivity contribution in [2.45, 2.75) is 98.6 Å². The van der Waals surface area contributed by atoms with Gasteiger partial charge in [0.15, 0.2) is 0 Å². The van der Waals surface area contributed by atoms with Crippen molar-refractivity contribution >= 4 is 11.4 Å². The van der Waals surface area contributed by atoms with Gasteiger partial charge in [0.1, 0.15) is 26.2 Å². The summed E-state index contributed by atoms with van der Waals surface area (Å²) in [5.41, 5.74) is 4.07. The molecule has 3 aromatic carbocycles. The van der Waals surface area contributed by atoms with Crippen LogP contribution >= 0.6 is 0 Å². The van der Waals surface area contributed by atoms with Crippen LogP contribution in [0.2, 0.25) is 0 Å². The maximum atomic E-state index is 13.6. The summed E-state index contributed by atoms with van der Waals surface area (Å²) < 4.78 is 4.33. The Morgan fingerprint density at radius 2 is 1.06 bits per heavy atom. The second-order valence-electron chi connectivity index (χ2n) is 14.8. The van der Waals surface area contributed by atoms with E-state index in [1.54, 1.807) is 34.9 Å². The summed E-state index contributed by atoms with van der Waals surface area (Å²) >= 11 is 0. The van der Waals surface area contributed by atoms with Crippen molar-refractivity contribution in [2.75, 3.05) is 26.2 Å². The molecule has 12 nitrogen and oxygen atoms in total. The Bertz CT molecular complexity index is 2010. The molecule has 6 rings (SSSR count). The quantitative estimate of drug-likeness (QED) is 0.107. The van der Waals surface area contributed by atoms with Crippen LogP contribution in [0.25, 0.3) is 0 Å². The molecule has 1 aromatic heterocycles. The molecule has 53 heavy (non-hydrogen) atoms. The summed E-state index contributed by atoms with van der Waals surface area (Å²) in [7, 11) is 0. The molecule has 2 unspecified atom stereocenters. The molecule has 0 saturated heterocycles. The van der Waals surface area contributed by atoms with Crippen molar-refractivity contribution in [3.63, 3.8) is 0 Å². The van der Waals surface area contributed by atoms with E-state index in [0.717, 1.165) is 69.4 Å². The molecule has 12 heteroatoms. The number of hydrogen-bond donors (Lipinski definition) is 0. The predicted molar refractivity (Wildman–Crippen MR) is 206 cm³/mol. The minimum absolute atomic E-state index is 0.124. The Morgan fingerprint density at radius 1 is 0.623 bits per heavy atom. The van der Waals surface area contributed by atoms with Crippen molar-refractivity contribution in [2.24, 2.45) is 0 Å². The van der Waals surface area contributed by atoms with Crippen LogP contribution in [0.3, 0.4) is 0 Å². The van der Waals surface area contributed by atoms with Gasteiger partial charge in [-0.1, -0.05) is 48.5 Å². The Labute approximate surface area is 311 Å². The average Bonchev–Trinajstić information content (AvgIpc) is 3.14. The van der Waals surface area contributed by atoms with Crippen LogP contribution in [0.15, 0.2) is 88.5 Å². The van der Waals surface area contributed by atoms with Gasteiger partial charge in [-0.2, -0.15) is 0 Å². The number of quaternary nitrogens is 2. The summed E-state index contributed by atoms with van der Waals surface area (Å²) in [4.78, 5) is 50.0. The molecule has 0 amide bonds. The van der Waals surface area contributed by atoms with Crippen LogP contribution in [0.5, 0.6) is 0 Å². The second kappa shape index (κ2) is 17.7. The Hall–Kier alpha value is -4.94. The molecule has 0 radical (unpaired) electrons. The number of para-hydroxylation sites is 2. The number of aromatic nitrogens is 2. The highest BCUT2D eigenvalue weighted by atomic mass is 16.6. The van der Waals surface area contributed by atoms with E-state index in [2.05, 4.69) is 38.1 Å². The highest BCUT2D eigenvalue weighted by Gasteiger charge is 2.32. The number of nitro benzene ring substituents is 2. The minimum Gasteiger partial charge on any atom is -0.316 e. The molecule has 2 aliphatic heterocycles. The van der Waals surface area contributed by atoms with Crippen LogP contribution in [-0.2, 0) is 39.3 Å². The van der Waals surface area contributed by atoms with Crippen molar-refractivity contribution in [1.29, 1.82) is 0 Å². The fraction of sp³-hybridized carbons (Fsp3) is 0.463. The van der Waals surface area contributed by atoms with E-state index >= 15 is 0 Å². The van der Waals surface area contributed by atoms with Crippen LogP contribution in [0.1, 0.15) is 80.3 Å². The summed E-state index contributed by atoms with van der Waals surface area (Å²) in [5.74, 6) is 0. The summed E-state index contributed by atoms with van der Waals surface area (Å²) in [5, 5.41) is 24.0. The minimum atomic E-state index is -0.306. The van der Waals surface area contributed by atoms with Gasteiger partial charge in [0.05, 0.1) is 47.2 Å². The maximum absolute atomic E-state index is 13.6. The van der Waals surface area contributed by atoms with E-state index < -0.39 is 0 Å². The molecular formula is C41H54N6O6+2. The first-order chi connectivity index (χ1) is 25.5. The Morgan fingerprint density at radius 3 is 1.49 bits per heavy atom. The topological polar surface area (TPSA) is 130 Å². The molecule has 4 aromatic rings. The maximum Gasteiger partial charge on any atom is 0.331 e. The molecule has 4 bridgehead atoms. The van der Waals surface area contributed by atoms with Crippen molar-refractivity contribution < 1.29 is 18.8 Å². The molecule has 3 heterocycles. The molecule has 0 saturated carbocycles. The van der Waals surface area contributed by atoms with Crippen LogP contribution in [0.4, 0.5) is 11.4 Å². The van der Waals surface area contributed by atoms with Gasteiger partial charge in [0.2, 0.25) is 0 Å². The molecule has 2 aliphatic rings. The molecule has 282 valence electrons. The zero-order valence-corrected chi connectivity index (χ0v) is 31.5. The largest absolute Gasteiger partial charge is 0.331 e. The standard InChI is InChI=1S/C41H54N6O6/c1-4-46(31-36-16-8-10-18-38(36)44(50)51)26-14-6-12-24-42-33(3)28-40(48)43(41(42)49)25-13-7-15-27-47(5-2,30-35-22-20-34(29-46)21-23-35)32-37-17-9-11-19-39(37)45(52)53/h8-11,16-23,28H,4-7,12-15,24-27,29-32H2,1-3H3/q+2. The monoisotopic (exact) mass is 726 g/mol. The third-order valence-electron chi connectivity index (χ3n) is 11.3. The van der Waals surface area contributed by atoms with Gasteiger partial charge in [-0.25, -0.2) is 4.79 Å². The van der Waals surface area contributed by atoms with Crippen LogP contribution < -0.4 is 11.2 Å². The first-order valence-corrected chi connectivity index (χ1v) is 19.0. The number of rotatable bonds is 8. The molecule has 0 aliphatic carbocycles. The van der Waals surface area contributed by atoms with Gasteiger partial charge in [-0.3, -0.25) is 34.2 Å². The van der Waals surface area contributed by atoms with E-state index in [0.29, 0.717) is 71.5 Å². The second-order valence-corrected chi connectivity index (χ2v) is 14.8. The zero-order valence-electron chi connectivity index (χ0n) is 31.5. The normalized spacial score (nSPS) is 20.4.